The van der Waals surface area contributed by atoms with Crippen LogP contribution in [0, 0.1) is 5.82 Å². The Hall–Kier alpha value is -1.09. The number of benzene rings is 2. The maximum absolute atomic E-state index is 13.9. The molecule has 0 saturated heterocycles. The van der Waals surface area contributed by atoms with Crippen molar-refractivity contribution in [1.82, 2.24) is 0 Å². The quantitative estimate of drug-likeness (QED) is 0.804. The molecule has 2 aromatic rings. The number of aliphatic hydroxyl groups is 1. The maximum Gasteiger partial charge on any atom is 0.128 e. The van der Waals surface area contributed by atoms with E-state index >= 15 is 0 Å². The van der Waals surface area contributed by atoms with Gasteiger partial charge in [-0.2, -0.15) is 0 Å². The predicted octanol–water partition coefficient (Wildman–Crippen LogP) is 4.54. The zero-order chi connectivity index (χ0) is 14.6. The molecule has 20 heavy (non-hydrogen) atoms. The summed E-state index contributed by atoms with van der Waals surface area (Å²) in [6, 6.07) is 13.6. The van der Waals surface area contributed by atoms with Crippen molar-refractivity contribution in [2.24, 2.45) is 0 Å². The van der Waals surface area contributed by atoms with Gasteiger partial charge in [-0.25, -0.2) is 4.39 Å². The van der Waals surface area contributed by atoms with E-state index in [0.29, 0.717) is 22.6 Å². The monoisotopic (exact) mass is 312 g/mol. The molecule has 0 aromatic heterocycles. The second kappa shape index (κ2) is 6.57. The molecular formula is C16H15Cl2FO. The topological polar surface area (TPSA) is 20.2 Å². The van der Waals surface area contributed by atoms with E-state index in [-0.39, 0.29) is 12.3 Å². The van der Waals surface area contributed by atoms with E-state index < -0.39 is 11.4 Å². The molecule has 2 rings (SSSR count). The van der Waals surface area contributed by atoms with Crippen LogP contribution in [0.5, 0.6) is 0 Å². The molecule has 0 aliphatic carbocycles. The van der Waals surface area contributed by atoms with Gasteiger partial charge in [-0.15, -0.1) is 11.6 Å². The molecule has 0 aliphatic rings. The second-order valence-electron chi connectivity index (χ2n) is 4.71. The molecule has 106 valence electrons. The molecule has 0 spiro atoms. The summed E-state index contributed by atoms with van der Waals surface area (Å²) in [5.41, 5.74) is -0.208. The van der Waals surface area contributed by atoms with Gasteiger partial charge in [0.25, 0.3) is 0 Å². The van der Waals surface area contributed by atoms with Crippen molar-refractivity contribution in [2.75, 3.05) is 5.88 Å². The van der Waals surface area contributed by atoms with E-state index in [9.17, 15) is 9.50 Å². The van der Waals surface area contributed by atoms with Crippen LogP contribution in [0.15, 0.2) is 48.5 Å². The van der Waals surface area contributed by atoms with Gasteiger partial charge in [0.2, 0.25) is 0 Å². The largest absolute Gasteiger partial charge is 0.385 e. The Kier molecular flexibility index (Phi) is 5.03. The van der Waals surface area contributed by atoms with Crippen LogP contribution in [0.2, 0.25) is 5.02 Å². The first-order chi connectivity index (χ1) is 9.57. The number of alkyl halides is 1. The van der Waals surface area contributed by atoms with Crippen molar-refractivity contribution in [1.29, 1.82) is 0 Å². The van der Waals surface area contributed by atoms with Crippen LogP contribution in [-0.2, 0) is 12.0 Å². The molecule has 1 unspecified atom stereocenters. The molecule has 0 heterocycles. The first kappa shape index (κ1) is 15.3. The minimum Gasteiger partial charge on any atom is -0.385 e. The van der Waals surface area contributed by atoms with Gasteiger partial charge < -0.3 is 5.11 Å². The Balaban J connectivity index is 2.40. The molecule has 0 bridgehead atoms. The summed E-state index contributed by atoms with van der Waals surface area (Å²) in [7, 11) is 0. The van der Waals surface area contributed by atoms with E-state index in [1.807, 2.05) is 18.2 Å². The highest BCUT2D eigenvalue weighted by molar-refractivity contribution is 6.31. The molecule has 1 nitrogen and oxygen atoms in total. The average molecular weight is 313 g/mol. The molecular weight excluding hydrogens is 298 g/mol. The third kappa shape index (κ3) is 3.32. The fourth-order valence-electron chi connectivity index (χ4n) is 2.23. The average Bonchev–Trinajstić information content (AvgIpc) is 2.44. The van der Waals surface area contributed by atoms with E-state index in [0.717, 1.165) is 0 Å². The van der Waals surface area contributed by atoms with Crippen molar-refractivity contribution in [3.05, 3.63) is 70.5 Å². The standard InChI is InChI=1S/C16H15Cl2FO/c17-10-9-16(20,12-5-2-1-3-6-12)11-13-14(18)7-4-8-15(13)19/h1-8,20H,9-11H2. The minimum atomic E-state index is -1.23. The van der Waals surface area contributed by atoms with Crippen molar-refractivity contribution >= 4 is 23.2 Å². The molecule has 4 heteroatoms. The fraction of sp³-hybridized carbons (Fsp3) is 0.250. The van der Waals surface area contributed by atoms with E-state index in [1.165, 1.54) is 6.07 Å². The summed E-state index contributed by atoms with van der Waals surface area (Å²) in [5, 5.41) is 11.2. The summed E-state index contributed by atoms with van der Waals surface area (Å²) < 4.78 is 13.9. The first-order valence-electron chi connectivity index (χ1n) is 6.33. The Morgan fingerprint density at radius 1 is 1.05 bits per heavy atom. The van der Waals surface area contributed by atoms with Crippen LogP contribution in [0.3, 0.4) is 0 Å². The van der Waals surface area contributed by atoms with Crippen LogP contribution in [0.1, 0.15) is 17.5 Å². The van der Waals surface area contributed by atoms with Crippen molar-refractivity contribution in [3.63, 3.8) is 0 Å². The zero-order valence-electron chi connectivity index (χ0n) is 10.8. The Labute approximate surface area is 128 Å². The maximum atomic E-state index is 13.9. The summed E-state index contributed by atoms with van der Waals surface area (Å²) in [5.74, 6) is -0.140. The third-order valence-corrected chi connectivity index (χ3v) is 3.89. The predicted molar refractivity (Wildman–Crippen MR) is 80.8 cm³/mol. The Morgan fingerprint density at radius 3 is 2.35 bits per heavy atom. The molecule has 2 aromatic carbocycles. The molecule has 0 fully saturated rings. The van der Waals surface area contributed by atoms with Gasteiger partial charge in [-0.1, -0.05) is 48.0 Å². The van der Waals surface area contributed by atoms with Crippen LogP contribution >= 0.6 is 23.2 Å². The van der Waals surface area contributed by atoms with E-state index in [4.69, 9.17) is 23.2 Å². The SMILES string of the molecule is OC(CCCl)(Cc1c(F)cccc1Cl)c1ccccc1. The molecule has 1 N–H and O–H groups in total. The van der Waals surface area contributed by atoms with E-state index in [2.05, 4.69) is 0 Å². The van der Waals surface area contributed by atoms with Gasteiger partial charge in [0, 0.05) is 22.9 Å². The van der Waals surface area contributed by atoms with Crippen molar-refractivity contribution < 1.29 is 9.50 Å². The van der Waals surface area contributed by atoms with Gasteiger partial charge >= 0.3 is 0 Å². The highest BCUT2D eigenvalue weighted by Crippen LogP contribution is 2.33. The molecule has 0 saturated carbocycles. The highest BCUT2D eigenvalue weighted by Gasteiger charge is 2.30. The molecule has 0 amide bonds. The van der Waals surface area contributed by atoms with Gasteiger partial charge in [0.15, 0.2) is 0 Å². The number of hydrogen-bond acceptors (Lipinski definition) is 1. The molecule has 0 aliphatic heterocycles. The lowest BCUT2D eigenvalue weighted by Crippen LogP contribution is -2.29. The van der Waals surface area contributed by atoms with Crippen LogP contribution in [-0.4, -0.2) is 11.0 Å². The lowest BCUT2D eigenvalue weighted by molar-refractivity contribution is 0.0328. The van der Waals surface area contributed by atoms with E-state index in [1.54, 1.807) is 24.3 Å². The van der Waals surface area contributed by atoms with Crippen LogP contribution in [0.25, 0.3) is 0 Å². The van der Waals surface area contributed by atoms with Crippen molar-refractivity contribution in [2.45, 2.75) is 18.4 Å². The number of hydrogen-bond donors (Lipinski definition) is 1. The number of halogens is 3. The third-order valence-electron chi connectivity index (χ3n) is 3.35. The summed E-state index contributed by atoms with van der Waals surface area (Å²) in [6.07, 6.45) is 0.415. The first-order valence-corrected chi connectivity index (χ1v) is 7.25. The zero-order valence-corrected chi connectivity index (χ0v) is 12.3. The minimum absolute atomic E-state index is 0.0925. The van der Waals surface area contributed by atoms with Gasteiger partial charge in [-0.05, 0) is 24.1 Å². The Bertz CT molecular complexity index is 554. The van der Waals surface area contributed by atoms with Gasteiger partial charge in [0.1, 0.15) is 5.82 Å². The van der Waals surface area contributed by atoms with Crippen LogP contribution in [0.4, 0.5) is 4.39 Å². The Morgan fingerprint density at radius 2 is 1.75 bits per heavy atom. The lowest BCUT2D eigenvalue weighted by Gasteiger charge is -2.28. The smallest absolute Gasteiger partial charge is 0.128 e. The number of rotatable bonds is 5. The normalized spacial score (nSPS) is 14.0. The van der Waals surface area contributed by atoms with Gasteiger partial charge in [0.05, 0.1) is 5.60 Å². The lowest BCUT2D eigenvalue weighted by atomic mass is 9.85. The summed E-state index contributed by atoms with van der Waals surface area (Å²) >= 11 is 11.8. The summed E-state index contributed by atoms with van der Waals surface area (Å²) in [4.78, 5) is 0. The second-order valence-corrected chi connectivity index (χ2v) is 5.50. The summed E-state index contributed by atoms with van der Waals surface area (Å²) in [6.45, 7) is 0. The van der Waals surface area contributed by atoms with Crippen LogP contribution < -0.4 is 0 Å². The molecule has 0 radical (unpaired) electrons. The highest BCUT2D eigenvalue weighted by atomic mass is 35.5. The fourth-order valence-corrected chi connectivity index (χ4v) is 2.78. The van der Waals surface area contributed by atoms with Crippen molar-refractivity contribution in [3.8, 4) is 0 Å². The molecule has 1 atom stereocenters. The van der Waals surface area contributed by atoms with Gasteiger partial charge in [-0.3, -0.25) is 0 Å².